The molecule has 1 aromatic rings. The van der Waals surface area contributed by atoms with E-state index in [1.54, 1.807) is 6.07 Å². The van der Waals surface area contributed by atoms with Gasteiger partial charge in [0, 0.05) is 22.5 Å². The van der Waals surface area contributed by atoms with Crippen molar-refractivity contribution < 1.29 is 9.13 Å². The normalized spacial score (nSPS) is 11.5. The van der Waals surface area contributed by atoms with Crippen LogP contribution in [0.3, 0.4) is 0 Å². The van der Waals surface area contributed by atoms with Gasteiger partial charge in [0.2, 0.25) is 0 Å². The summed E-state index contributed by atoms with van der Waals surface area (Å²) in [5.41, 5.74) is 5.47. The van der Waals surface area contributed by atoms with Gasteiger partial charge in [-0.1, -0.05) is 29.8 Å². The van der Waals surface area contributed by atoms with Gasteiger partial charge in [-0.2, -0.15) is 0 Å². The van der Waals surface area contributed by atoms with Gasteiger partial charge in [0.15, 0.2) is 0 Å². The van der Waals surface area contributed by atoms with Crippen LogP contribution in [0, 0.1) is 11.2 Å². The Labute approximate surface area is 97.7 Å². The summed E-state index contributed by atoms with van der Waals surface area (Å²) in [4.78, 5) is 0. The van der Waals surface area contributed by atoms with E-state index in [-0.39, 0.29) is 11.2 Å². The third-order valence-electron chi connectivity index (χ3n) is 2.02. The topological polar surface area (TPSA) is 35.2 Å². The molecule has 0 aliphatic rings. The van der Waals surface area contributed by atoms with Gasteiger partial charge in [-0.25, -0.2) is 4.39 Å². The van der Waals surface area contributed by atoms with Crippen molar-refractivity contribution in [1.82, 2.24) is 0 Å². The fourth-order valence-corrected chi connectivity index (χ4v) is 1.39. The van der Waals surface area contributed by atoms with E-state index in [9.17, 15) is 4.39 Å². The summed E-state index contributed by atoms with van der Waals surface area (Å²) >= 11 is 3.21. The molecule has 15 heavy (non-hydrogen) atoms. The molecule has 1 rings (SSSR count). The molecule has 0 amide bonds. The van der Waals surface area contributed by atoms with E-state index in [0.717, 1.165) is 0 Å². The van der Waals surface area contributed by atoms with E-state index in [0.29, 0.717) is 23.4 Å². The van der Waals surface area contributed by atoms with Gasteiger partial charge in [-0.05, 0) is 12.1 Å². The molecule has 2 nitrogen and oxygen atoms in total. The van der Waals surface area contributed by atoms with Crippen molar-refractivity contribution in [2.45, 2.75) is 13.8 Å². The lowest BCUT2D eigenvalue weighted by Crippen LogP contribution is -2.30. The Hall–Kier alpha value is -0.610. The maximum absolute atomic E-state index is 13.0. The molecule has 0 aliphatic heterocycles. The Balaban J connectivity index is 2.65. The van der Waals surface area contributed by atoms with E-state index in [1.807, 2.05) is 13.8 Å². The summed E-state index contributed by atoms with van der Waals surface area (Å²) < 4.78 is 19.1. The van der Waals surface area contributed by atoms with Crippen LogP contribution >= 0.6 is 15.9 Å². The van der Waals surface area contributed by atoms with E-state index in [1.165, 1.54) is 12.1 Å². The Morgan fingerprint density at radius 3 is 2.60 bits per heavy atom. The average molecular weight is 276 g/mol. The number of hydrogen-bond acceptors (Lipinski definition) is 2. The summed E-state index contributed by atoms with van der Waals surface area (Å²) in [5.74, 6) is 0.202. The van der Waals surface area contributed by atoms with Crippen LogP contribution in [-0.4, -0.2) is 13.2 Å². The minimum atomic E-state index is -0.315. The van der Waals surface area contributed by atoms with Gasteiger partial charge in [0.05, 0.1) is 6.61 Å². The van der Waals surface area contributed by atoms with Crippen molar-refractivity contribution in [2.75, 3.05) is 13.2 Å². The number of nitrogens with two attached hydrogens (primary N) is 1. The molecule has 4 heteroatoms. The molecule has 0 radical (unpaired) electrons. The van der Waals surface area contributed by atoms with Crippen molar-refractivity contribution in [3.05, 3.63) is 28.5 Å². The van der Waals surface area contributed by atoms with Crippen molar-refractivity contribution in [3.8, 4) is 5.75 Å². The molecule has 0 bridgehead atoms. The minimum absolute atomic E-state index is 0.0984. The smallest absolute Gasteiger partial charge is 0.128 e. The summed E-state index contributed by atoms with van der Waals surface area (Å²) in [6, 6.07) is 4.48. The second kappa shape index (κ2) is 4.94. The predicted octanol–water partition coefficient (Wildman–Crippen LogP) is 2.95. The molecule has 0 spiro atoms. The highest BCUT2D eigenvalue weighted by Crippen LogP contribution is 2.22. The van der Waals surface area contributed by atoms with E-state index in [4.69, 9.17) is 10.5 Å². The van der Waals surface area contributed by atoms with E-state index >= 15 is 0 Å². The largest absolute Gasteiger partial charge is 0.493 e. The average Bonchev–Trinajstić information content (AvgIpc) is 2.14. The molecule has 0 unspecified atom stereocenters. The van der Waals surface area contributed by atoms with Crippen LogP contribution in [0.2, 0.25) is 0 Å². The van der Waals surface area contributed by atoms with Crippen LogP contribution in [0.4, 0.5) is 4.39 Å². The van der Waals surface area contributed by atoms with Crippen LogP contribution in [0.15, 0.2) is 22.7 Å². The highest BCUT2D eigenvalue weighted by molar-refractivity contribution is 9.10. The maximum Gasteiger partial charge on any atom is 0.128 e. The van der Waals surface area contributed by atoms with Crippen molar-refractivity contribution in [3.63, 3.8) is 0 Å². The van der Waals surface area contributed by atoms with Crippen LogP contribution in [0.25, 0.3) is 0 Å². The number of benzene rings is 1. The van der Waals surface area contributed by atoms with Crippen LogP contribution < -0.4 is 10.5 Å². The lowest BCUT2D eigenvalue weighted by Gasteiger charge is -2.22. The summed E-state index contributed by atoms with van der Waals surface area (Å²) in [7, 11) is 0. The molecule has 84 valence electrons. The second-order valence-electron chi connectivity index (χ2n) is 4.26. The first-order valence-corrected chi connectivity index (χ1v) is 5.51. The molecule has 2 N–H and O–H groups in total. The highest BCUT2D eigenvalue weighted by Gasteiger charge is 2.16. The summed E-state index contributed by atoms with van der Waals surface area (Å²) in [6.45, 7) is 5.01. The van der Waals surface area contributed by atoms with Gasteiger partial charge < -0.3 is 10.5 Å². The number of ether oxygens (including phenoxy) is 1. The van der Waals surface area contributed by atoms with Crippen LogP contribution in [0.5, 0.6) is 5.75 Å². The molecular weight excluding hydrogens is 261 g/mol. The standard InChI is InChI=1S/C11H15BrFNO/c1-11(2,6-14)7-15-10-4-8(12)3-9(13)5-10/h3-5H,6-7,14H2,1-2H3. The Kier molecular flexibility index (Phi) is 4.11. The van der Waals surface area contributed by atoms with E-state index < -0.39 is 0 Å². The molecule has 0 saturated heterocycles. The zero-order valence-electron chi connectivity index (χ0n) is 8.89. The summed E-state index contributed by atoms with van der Waals surface area (Å²) in [6.07, 6.45) is 0. The van der Waals surface area contributed by atoms with Crippen molar-refractivity contribution in [2.24, 2.45) is 11.1 Å². The number of rotatable bonds is 4. The first kappa shape index (κ1) is 12.5. The zero-order chi connectivity index (χ0) is 11.5. The lowest BCUT2D eigenvalue weighted by atomic mass is 9.95. The van der Waals surface area contributed by atoms with Gasteiger partial charge in [-0.3, -0.25) is 0 Å². The van der Waals surface area contributed by atoms with Crippen LogP contribution in [-0.2, 0) is 0 Å². The quantitative estimate of drug-likeness (QED) is 0.917. The Bertz CT molecular complexity index is 321. The van der Waals surface area contributed by atoms with Crippen molar-refractivity contribution in [1.29, 1.82) is 0 Å². The van der Waals surface area contributed by atoms with E-state index in [2.05, 4.69) is 15.9 Å². The third-order valence-corrected chi connectivity index (χ3v) is 2.48. The Morgan fingerprint density at radius 1 is 1.40 bits per heavy atom. The summed E-state index contributed by atoms with van der Waals surface area (Å²) in [5, 5.41) is 0. The first-order chi connectivity index (χ1) is 6.93. The number of hydrogen-bond donors (Lipinski definition) is 1. The lowest BCUT2D eigenvalue weighted by molar-refractivity contribution is 0.186. The molecule has 0 atom stereocenters. The molecule has 1 aromatic carbocycles. The predicted molar refractivity (Wildman–Crippen MR) is 62.4 cm³/mol. The Morgan fingerprint density at radius 2 is 2.07 bits per heavy atom. The monoisotopic (exact) mass is 275 g/mol. The first-order valence-electron chi connectivity index (χ1n) is 4.72. The molecule has 0 fully saturated rings. The fourth-order valence-electron chi connectivity index (χ4n) is 0.949. The zero-order valence-corrected chi connectivity index (χ0v) is 10.5. The van der Waals surface area contributed by atoms with Crippen molar-refractivity contribution >= 4 is 15.9 Å². The highest BCUT2D eigenvalue weighted by atomic mass is 79.9. The molecular formula is C11H15BrFNO. The van der Waals surface area contributed by atoms with Gasteiger partial charge >= 0.3 is 0 Å². The molecule has 0 aromatic heterocycles. The van der Waals surface area contributed by atoms with Gasteiger partial charge in [0.25, 0.3) is 0 Å². The number of halogens is 2. The SMILES string of the molecule is CC(C)(CN)COc1cc(F)cc(Br)c1. The van der Waals surface area contributed by atoms with Crippen LogP contribution in [0.1, 0.15) is 13.8 Å². The maximum atomic E-state index is 13.0. The van der Waals surface area contributed by atoms with Gasteiger partial charge in [0.1, 0.15) is 11.6 Å². The molecule has 0 heterocycles. The van der Waals surface area contributed by atoms with Gasteiger partial charge in [-0.15, -0.1) is 0 Å². The molecule has 0 saturated carbocycles. The third kappa shape index (κ3) is 4.18. The minimum Gasteiger partial charge on any atom is -0.493 e. The molecule has 0 aliphatic carbocycles. The second-order valence-corrected chi connectivity index (χ2v) is 5.18. The fraction of sp³-hybridized carbons (Fsp3) is 0.455.